The Balaban J connectivity index is 1.83. The van der Waals surface area contributed by atoms with Gasteiger partial charge in [0.25, 0.3) is 0 Å². The van der Waals surface area contributed by atoms with Gasteiger partial charge in [-0.3, -0.25) is 4.79 Å². The summed E-state index contributed by atoms with van der Waals surface area (Å²) in [4.78, 5) is 26.5. The molecular weight excluding hydrogens is 340 g/mol. The molecule has 3 heterocycles. The summed E-state index contributed by atoms with van der Waals surface area (Å²) in [7, 11) is 0. The first kappa shape index (κ1) is 18.7. The first-order chi connectivity index (χ1) is 11.8. The number of aliphatic hydroxyl groups is 1. The van der Waals surface area contributed by atoms with Crippen LogP contribution in [0.15, 0.2) is 10.6 Å². The number of amides is 1. The van der Waals surface area contributed by atoms with Crippen molar-refractivity contribution in [1.82, 2.24) is 4.90 Å². The SMILES string of the molecule is CC[N+]1(CC)CC[C@H](SC2=C(C(=O)O)N3C(=O)[C@H]([C@@H](C)O)[C@H]3[C@H]2C)C1. The Hall–Kier alpha value is -1.05. The van der Waals surface area contributed by atoms with Crippen molar-refractivity contribution in [2.24, 2.45) is 11.8 Å². The van der Waals surface area contributed by atoms with Crippen LogP contribution >= 0.6 is 11.8 Å². The summed E-state index contributed by atoms with van der Waals surface area (Å²) >= 11 is 1.66. The summed E-state index contributed by atoms with van der Waals surface area (Å²) in [6.45, 7) is 12.4. The van der Waals surface area contributed by atoms with Gasteiger partial charge in [0.1, 0.15) is 5.70 Å². The Morgan fingerprint density at radius 3 is 2.52 bits per heavy atom. The second-order valence-corrected chi connectivity index (χ2v) is 9.02. The molecule has 2 N–H and O–H groups in total. The highest BCUT2D eigenvalue weighted by atomic mass is 32.2. The molecule has 25 heavy (non-hydrogen) atoms. The smallest absolute Gasteiger partial charge is 0.353 e. The van der Waals surface area contributed by atoms with Crippen LogP contribution in [0.25, 0.3) is 0 Å². The highest BCUT2D eigenvalue weighted by Crippen LogP contribution is 2.52. The molecule has 3 rings (SSSR count). The van der Waals surface area contributed by atoms with Crippen LogP contribution in [0.1, 0.15) is 34.1 Å². The number of carbonyl (C=O) groups excluding carboxylic acids is 1. The van der Waals surface area contributed by atoms with E-state index in [1.807, 2.05) is 6.92 Å². The van der Waals surface area contributed by atoms with Gasteiger partial charge in [0, 0.05) is 17.2 Å². The van der Waals surface area contributed by atoms with Crippen molar-refractivity contribution in [2.75, 3.05) is 26.2 Å². The van der Waals surface area contributed by atoms with Gasteiger partial charge in [0.2, 0.25) is 5.91 Å². The number of fused-ring (bicyclic) bond motifs is 1. The maximum absolute atomic E-state index is 12.4. The molecule has 3 aliphatic rings. The number of carboxylic acid groups (broad SMARTS) is 1. The topological polar surface area (TPSA) is 77.8 Å². The molecule has 0 bridgehead atoms. The summed E-state index contributed by atoms with van der Waals surface area (Å²) in [5.41, 5.74) is 0.155. The van der Waals surface area contributed by atoms with E-state index in [1.54, 1.807) is 18.7 Å². The van der Waals surface area contributed by atoms with E-state index < -0.39 is 18.0 Å². The summed E-state index contributed by atoms with van der Waals surface area (Å²) in [5, 5.41) is 20.0. The summed E-state index contributed by atoms with van der Waals surface area (Å²) in [6, 6.07) is -0.209. The van der Waals surface area contributed by atoms with E-state index in [9.17, 15) is 19.8 Å². The highest BCUT2D eigenvalue weighted by Gasteiger charge is 2.60. The molecule has 0 unspecified atom stereocenters. The lowest BCUT2D eigenvalue weighted by molar-refractivity contribution is -0.913. The Kier molecular flexibility index (Phi) is 4.94. The Morgan fingerprint density at radius 1 is 1.40 bits per heavy atom. The minimum Gasteiger partial charge on any atom is -0.477 e. The zero-order valence-electron chi connectivity index (χ0n) is 15.4. The molecule has 140 valence electrons. The van der Waals surface area contributed by atoms with Crippen molar-refractivity contribution in [3.8, 4) is 0 Å². The van der Waals surface area contributed by atoms with E-state index >= 15 is 0 Å². The maximum Gasteiger partial charge on any atom is 0.353 e. The van der Waals surface area contributed by atoms with Crippen LogP contribution in [-0.4, -0.2) is 75.0 Å². The van der Waals surface area contributed by atoms with E-state index in [4.69, 9.17) is 0 Å². The van der Waals surface area contributed by atoms with Crippen molar-refractivity contribution in [3.05, 3.63) is 10.6 Å². The van der Waals surface area contributed by atoms with E-state index in [1.165, 1.54) is 4.90 Å². The molecule has 0 aromatic rings. The number of hydrogen-bond acceptors (Lipinski definition) is 4. The van der Waals surface area contributed by atoms with Gasteiger partial charge in [-0.25, -0.2) is 4.79 Å². The number of carbonyl (C=O) groups is 2. The van der Waals surface area contributed by atoms with Crippen LogP contribution in [0.5, 0.6) is 0 Å². The third-order valence-corrected chi connectivity index (χ3v) is 8.00. The lowest BCUT2D eigenvalue weighted by Crippen LogP contribution is -2.63. The van der Waals surface area contributed by atoms with Crippen LogP contribution in [0.4, 0.5) is 0 Å². The van der Waals surface area contributed by atoms with Crippen molar-refractivity contribution >= 4 is 23.6 Å². The number of aliphatic hydroxyl groups excluding tert-OH is 1. The largest absolute Gasteiger partial charge is 0.477 e. The number of likely N-dealkylation sites (tertiary alicyclic amines) is 1. The number of carboxylic acids is 1. The zero-order valence-corrected chi connectivity index (χ0v) is 16.3. The minimum absolute atomic E-state index is 0.0286. The maximum atomic E-state index is 12.4. The molecular formula is C18H29N2O4S+. The van der Waals surface area contributed by atoms with Crippen LogP contribution in [-0.2, 0) is 9.59 Å². The van der Waals surface area contributed by atoms with Gasteiger partial charge in [-0.15, -0.1) is 11.8 Å². The number of quaternary nitrogens is 1. The molecule has 0 aromatic heterocycles. The number of aliphatic carboxylic acids is 1. The molecule has 1 amide bonds. The number of nitrogens with zero attached hydrogens (tertiary/aromatic N) is 2. The van der Waals surface area contributed by atoms with Crippen molar-refractivity contribution < 1.29 is 24.3 Å². The lowest BCUT2D eigenvalue weighted by Gasteiger charge is -2.46. The van der Waals surface area contributed by atoms with Crippen molar-refractivity contribution in [1.29, 1.82) is 0 Å². The molecule has 6 nitrogen and oxygen atoms in total. The van der Waals surface area contributed by atoms with Crippen LogP contribution < -0.4 is 0 Å². The molecule has 5 atom stereocenters. The zero-order chi connectivity index (χ0) is 18.5. The fourth-order valence-corrected chi connectivity index (χ4v) is 6.41. The molecule has 2 saturated heterocycles. The number of rotatable bonds is 6. The minimum atomic E-state index is -1.03. The first-order valence-electron chi connectivity index (χ1n) is 9.26. The van der Waals surface area contributed by atoms with Crippen LogP contribution in [0.2, 0.25) is 0 Å². The Morgan fingerprint density at radius 2 is 2.04 bits per heavy atom. The third kappa shape index (κ3) is 2.80. The average Bonchev–Trinajstić information content (AvgIpc) is 3.07. The fraction of sp³-hybridized carbons (Fsp3) is 0.778. The van der Waals surface area contributed by atoms with E-state index in [2.05, 4.69) is 13.8 Å². The van der Waals surface area contributed by atoms with E-state index in [0.29, 0.717) is 5.25 Å². The summed E-state index contributed by atoms with van der Waals surface area (Å²) in [6.07, 6.45) is 0.333. The highest BCUT2D eigenvalue weighted by molar-refractivity contribution is 8.03. The van der Waals surface area contributed by atoms with E-state index in [0.717, 1.165) is 42.0 Å². The quantitative estimate of drug-likeness (QED) is 0.548. The average molecular weight is 370 g/mol. The molecule has 2 fully saturated rings. The van der Waals surface area contributed by atoms with Crippen LogP contribution in [0.3, 0.4) is 0 Å². The van der Waals surface area contributed by atoms with Gasteiger partial charge in [-0.2, -0.15) is 0 Å². The standard InChI is InChI=1S/C18H28N2O4S/c1-5-20(6-2)8-7-12(9-20)25-16-10(3)14-13(11(4)21)17(22)19(14)15(16)18(23)24/h10-14,21H,5-9H2,1-4H3/p+1/t10-,11-,12+,13-,14-/m1/s1. The van der Waals surface area contributed by atoms with Gasteiger partial charge >= 0.3 is 5.97 Å². The van der Waals surface area contributed by atoms with Crippen LogP contribution in [0, 0.1) is 11.8 Å². The first-order valence-corrected chi connectivity index (χ1v) is 10.1. The Bertz CT molecular complexity index is 614. The lowest BCUT2D eigenvalue weighted by atomic mass is 9.79. The van der Waals surface area contributed by atoms with Crippen molar-refractivity contribution in [3.63, 3.8) is 0 Å². The predicted octanol–water partition coefficient (Wildman–Crippen LogP) is 1.50. The van der Waals surface area contributed by atoms with Gasteiger partial charge in [-0.05, 0) is 20.8 Å². The molecule has 3 aliphatic heterocycles. The number of hydrogen-bond donors (Lipinski definition) is 2. The third-order valence-electron chi connectivity index (χ3n) is 6.46. The summed E-state index contributed by atoms with van der Waals surface area (Å²) in [5.74, 6) is -1.79. The second-order valence-electron chi connectivity index (χ2n) is 7.68. The van der Waals surface area contributed by atoms with Gasteiger partial charge < -0.3 is 19.6 Å². The molecule has 0 radical (unpaired) electrons. The molecule has 0 saturated carbocycles. The fourth-order valence-electron chi connectivity index (χ4n) is 4.78. The second kappa shape index (κ2) is 6.59. The molecule has 0 aliphatic carbocycles. The number of thioether (sulfide) groups is 1. The number of β-lactam (4-membered cyclic amide) rings is 1. The van der Waals surface area contributed by atoms with E-state index in [-0.39, 0.29) is 23.6 Å². The monoisotopic (exact) mass is 369 g/mol. The van der Waals surface area contributed by atoms with Gasteiger partial charge in [-0.1, -0.05) is 6.92 Å². The molecule has 0 aromatic carbocycles. The molecule has 7 heteroatoms. The predicted molar refractivity (Wildman–Crippen MR) is 96.7 cm³/mol. The van der Waals surface area contributed by atoms with Crippen molar-refractivity contribution in [2.45, 2.75) is 51.5 Å². The normalized spacial score (nSPS) is 34.9. The van der Waals surface area contributed by atoms with Gasteiger partial charge in [0.15, 0.2) is 0 Å². The Labute approximate surface area is 153 Å². The summed E-state index contributed by atoms with van der Waals surface area (Å²) < 4.78 is 1.09. The van der Waals surface area contributed by atoms with Gasteiger partial charge in [0.05, 0.1) is 49.5 Å². The molecule has 0 spiro atoms.